The highest BCUT2D eigenvalue weighted by molar-refractivity contribution is 5.38. The molecule has 8 rings (SSSR count). The molecule has 0 radical (unpaired) electrons. The summed E-state index contributed by atoms with van der Waals surface area (Å²) in [5.74, 6) is 3.06. The van der Waals surface area contributed by atoms with Gasteiger partial charge in [0, 0.05) is 54.9 Å². The molecule has 1 saturated heterocycles. The Bertz CT molecular complexity index is 1350. The molecule has 2 saturated carbocycles. The van der Waals surface area contributed by atoms with Gasteiger partial charge in [0.15, 0.2) is 0 Å². The fourth-order valence-electron chi connectivity index (χ4n) is 11.6. The van der Waals surface area contributed by atoms with Crippen molar-refractivity contribution in [3.8, 4) is 0 Å². The number of likely N-dealkylation sites (tertiary alicyclic amines) is 1. The van der Waals surface area contributed by atoms with Crippen LogP contribution in [0.5, 0.6) is 0 Å². The van der Waals surface area contributed by atoms with E-state index < -0.39 is 0 Å². The van der Waals surface area contributed by atoms with Crippen molar-refractivity contribution >= 4 is 0 Å². The van der Waals surface area contributed by atoms with Crippen LogP contribution in [-0.2, 0) is 0 Å². The molecule has 0 aromatic carbocycles. The van der Waals surface area contributed by atoms with Crippen LogP contribution in [0.2, 0.25) is 0 Å². The van der Waals surface area contributed by atoms with Crippen molar-refractivity contribution < 1.29 is 0 Å². The Labute approximate surface area is 298 Å². The smallest absolute Gasteiger partial charge is 0.0526 e. The van der Waals surface area contributed by atoms with Crippen molar-refractivity contribution in [2.75, 3.05) is 7.05 Å². The number of fused-ring (bicyclic) bond motifs is 3. The van der Waals surface area contributed by atoms with Gasteiger partial charge in [-0.3, -0.25) is 0 Å². The molecule has 266 valence electrons. The third-order valence-corrected chi connectivity index (χ3v) is 14.2. The normalized spacial score (nSPS) is 37.0. The molecule has 7 unspecified atom stereocenters. The van der Waals surface area contributed by atoms with Gasteiger partial charge in [-0.25, -0.2) is 0 Å². The highest BCUT2D eigenvalue weighted by Crippen LogP contribution is 2.48. The quantitative estimate of drug-likeness (QED) is 0.204. The van der Waals surface area contributed by atoms with Gasteiger partial charge >= 0.3 is 0 Å². The topological polar surface area (TPSA) is 39.3 Å². The fraction of sp³-hybridized carbons (Fsp3) is 0.689. The summed E-state index contributed by atoms with van der Waals surface area (Å²) >= 11 is 0. The zero-order valence-corrected chi connectivity index (χ0v) is 30.6. The molecule has 0 amide bonds. The van der Waals surface area contributed by atoms with Crippen molar-refractivity contribution in [1.29, 1.82) is 0 Å². The average molecular weight is 663 g/mol. The van der Waals surface area contributed by atoms with Crippen molar-refractivity contribution in [2.24, 2.45) is 23.7 Å². The van der Waals surface area contributed by atoms with E-state index in [1.165, 1.54) is 128 Å². The highest BCUT2D eigenvalue weighted by Gasteiger charge is 2.50. The molecular weight excluding hydrogens is 597 g/mol. The second-order valence-corrected chi connectivity index (χ2v) is 17.1. The number of nitrogens with zero attached hydrogens (tertiary/aromatic N) is 1. The van der Waals surface area contributed by atoms with E-state index >= 15 is 0 Å². The van der Waals surface area contributed by atoms with E-state index in [2.05, 4.69) is 88.7 Å². The zero-order valence-electron chi connectivity index (χ0n) is 30.6. The first-order valence-corrected chi connectivity index (χ1v) is 21.0. The van der Waals surface area contributed by atoms with E-state index in [-0.39, 0.29) is 0 Å². The Morgan fingerprint density at radius 1 is 0.796 bits per heavy atom. The van der Waals surface area contributed by atoms with Crippen LogP contribution in [-0.4, -0.2) is 48.2 Å². The number of nitrogens with one attached hydrogen (secondary N) is 3. The van der Waals surface area contributed by atoms with Crippen LogP contribution < -0.4 is 16.0 Å². The van der Waals surface area contributed by atoms with Gasteiger partial charge in [-0.15, -0.1) is 0 Å². The average Bonchev–Trinajstić information content (AvgIpc) is 3.51. The summed E-state index contributed by atoms with van der Waals surface area (Å²) in [7, 11) is 2.15. The van der Waals surface area contributed by atoms with Gasteiger partial charge in [-0.05, 0) is 144 Å². The van der Waals surface area contributed by atoms with E-state index in [9.17, 15) is 0 Å². The summed E-state index contributed by atoms with van der Waals surface area (Å²) in [5.41, 5.74) is 6.38. The SMILES string of the molecule is CNC1=CC=C(N2C3CCCC=C3C3C(NC4CCC(C5=CCCC=C5)CC4)C=CCC32)CC1NC(CC1CC=CCC1)C1CCCCC1. The predicted molar refractivity (Wildman–Crippen MR) is 206 cm³/mol. The van der Waals surface area contributed by atoms with Gasteiger partial charge in [0.05, 0.1) is 12.1 Å². The first-order chi connectivity index (χ1) is 24.2. The van der Waals surface area contributed by atoms with Crippen molar-refractivity contribution in [3.63, 3.8) is 0 Å². The van der Waals surface area contributed by atoms with Crippen LogP contribution in [0.15, 0.2) is 83.3 Å². The Balaban J connectivity index is 0.978. The molecule has 0 aromatic heterocycles. The van der Waals surface area contributed by atoms with Crippen LogP contribution in [0.25, 0.3) is 0 Å². The van der Waals surface area contributed by atoms with E-state index in [1.807, 2.05) is 0 Å². The van der Waals surface area contributed by atoms with Crippen LogP contribution in [0.1, 0.15) is 128 Å². The summed E-state index contributed by atoms with van der Waals surface area (Å²) in [6, 6.07) is 3.27. The number of likely N-dealkylation sites (N-methyl/N-ethyl adjacent to an activating group) is 1. The maximum Gasteiger partial charge on any atom is 0.0526 e. The number of allylic oxidation sites excluding steroid dienone is 9. The highest BCUT2D eigenvalue weighted by atomic mass is 15.3. The molecule has 4 nitrogen and oxygen atoms in total. The predicted octanol–water partition coefficient (Wildman–Crippen LogP) is 9.56. The number of rotatable bonds is 10. The molecule has 3 fully saturated rings. The van der Waals surface area contributed by atoms with Gasteiger partial charge in [0.2, 0.25) is 0 Å². The molecule has 1 heterocycles. The van der Waals surface area contributed by atoms with Crippen LogP contribution in [0.4, 0.5) is 0 Å². The van der Waals surface area contributed by atoms with Gasteiger partial charge in [-0.2, -0.15) is 0 Å². The largest absolute Gasteiger partial charge is 0.390 e. The minimum Gasteiger partial charge on any atom is -0.390 e. The van der Waals surface area contributed by atoms with E-state index in [1.54, 1.807) is 16.8 Å². The zero-order chi connectivity index (χ0) is 33.0. The van der Waals surface area contributed by atoms with Gasteiger partial charge in [0.1, 0.15) is 0 Å². The maximum absolute atomic E-state index is 4.39. The summed E-state index contributed by atoms with van der Waals surface area (Å²) in [6.07, 6.45) is 51.4. The standard InChI is InChI=1S/C45H66N4/c1-46-39-29-28-37(31-42(39)48-41(35-18-9-4-10-19-35)30-32-14-5-2-6-15-32)49-43-22-12-11-20-38(43)45-40(21-13-23-44(45)49)47-36-26-24-34(25-27-36)33-16-7-3-8-17-33/h2,5,7,13,16-17,20-21,28-29,32,34-36,40-48H,3-4,6,8-12,14-15,18-19,22-27,30-31H2,1H3. The molecule has 0 bridgehead atoms. The molecular formula is C45H66N4. The molecule has 0 spiro atoms. The first-order valence-electron chi connectivity index (χ1n) is 21.0. The lowest BCUT2D eigenvalue weighted by molar-refractivity contribution is 0.184. The van der Waals surface area contributed by atoms with Crippen LogP contribution >= 0.6 is 0 Å². The molecule has 7 aliphatic carbocycles. The van der Waals surface area contributed by atoms with Gasteiger partial charge in [0.25, 0.3) is 0 Å². The molecule has 4 heteroatoms. The third kappa shape index (κ3) is 7.52. The minimum atomic E-state index is 0.378. The third-order valence-electron chi connectivity index (χ3n) is 14.2. The minimum absolute atomic E-state index is 0.378. The van der Waals surface area contributed by atoms with E-state index in [0.717, 1.165) is 24.2 Å². The fourth-order valence-corrected chi connectivity index (χ4v) is 11.6. The summed E-state index contributed by atoms with van der Waals surface area (Å²) in [4.78, 5) is 2.96. The van der Waals surface area contributed by atoms with Crippen molar-refractivity contribution in [3.05, 3.63) is 83.3 Å². The maximum atomic E-state index is 4.39. The van der Waals surface area contributed by atoms with Gasteiger partial charge < -0.3 is 20.9 Å². The van der Waals surface area contributed by atoms with Crippen LogP contribution in [0, 0.1) is 23.7 Å². The first kappa shape index (κ1) is 33.8. The lowest BCUT2D eigenvalue weighted by Crippen LogP contribution is -2.51. The Kier molecular flexibility index (Phi) is 11.0. The second kappa shape index (κ2) is 15.9. The second-order valence-electron chi connectivity index (χ2n) is 17.1. The Morgan fingerprint density at radius 2 is 1.69 bits per heavy atom. The summed E-state index contributed by atoms with van der Waals surface area (Å²) in [6.45, 7) is 0. The molecule has 3 N–H and O–H groups in total. The molecule has 1 aliphatic heterocycles. The monoisotopic (exact) mass is 663 g/mol. The van der Waals surface area contributed by atoms with E-state index in [4.69, 9.17) is 0 Å². The van der Waals surface area contributed by atoms with Crippen LogP contribution in [0.3, 0.4) is 0 Å². The van der Waals surface area contributed by atoms with Crippen molar-refractivity contribution in [1.82, 2.24) is 20.9 Å². The Morgan fingerprint density at radius 3 is 2.49 bits per heavy atom. The number of hydrogen-bond donors (Lipinski definition) is 3. The molecule has 49 heavy (non-hydrogen) atoms. The molecule has 7 atom stereocenters. The van der Waals surface area contributed by atoms with Crippen molar-refractivity contribution in [2.45, 2.75) is 165 Å². The summed E-state index contributed by atoms with van der Waals surface area (Å²) in [5, 5.41) is 12.3. The Hall–Kier alpha value is -2.30. The molecule has 8 aliphatic rings. The lowest BCUT2D eigenvalue weighted by atomic mass is 9.77. The number of hydrogen-bond acceptors (Lipinski definition) is 4. The lowest BCUT2D eigenvalue weighted by Gasteiger charge is -2.42. The molecule has 0 aromatic rings. The van der Waals surface area contributed by atoms with Gasteiger partial charge in [-0.1, -0.05) is 67.9 Å². The van der Waals surface area contributed by atoms with E-state index in [0.29, 0.717) is 42.2 Å². The summed E-state index contributed by atoms with van der Waals surface area (Å²) < 4.78 is 0.